The minimum atomic E-state index is -0.517. The normalized spacial score (nSPS) is 11.7. The molecule has 0 unspecified atom stereocenters. The van der Waals surface area contributed by atoms with Crippen LogP contribution in [0, 0.1) is 5.82 Å². The fraction of sp³-hybridized carbons (Fsp3) is 0.0500. The van der Waals surface area contributed by atoms with E-state index in [-0.39, 0.29) is 5.56 Å². The van der Waals surface area contributed by atoms with E-state index in [1.807, 2.05) is 30.3 Å². The predicted molar refractivity (Wildman–Crippen MR) is 89.0 cm³/mol. The van der Waals surface area contributed by atoms with E-state index in [2.05, 4.69) is 17.4 Å². The van der Waals surface area contributed by atoms with Crippen molar-refractivity contribution in [2.24, 2.45) is 0 Å². The molecule has 2 nitrogen and oxygen atoms in total. The van der Waals surface area contributed by atoms with Crippen LogP contribution in [-0.2, 0) is 6.42 Å². The summed E-state index contributed by atoms with van der Waals surface area (Å²) < 4.78 is 13.7. The fourth-order valence-corrected chi connectivity index (χ4v) is 3.05. The van der Waals surface area contributed by atoms with Crippen molar-refractivity contribution < 1.29 is 9.18 Å². The molecule has 3 aromatic carbocycles. The van der Waals surface area contributed by atoms with Gasteiger partial charge in [0.05, 0.1) is 5.56 Å². The Morgan fingerprint density at radius 2 is 1.61 bits per heavy atom. The fourth-order valence-electron chi connectivity index (χ4n) is 3.05. The molecular weight excluding hydrogens is 289 g/mol. The molecule has 0 radical (unpaired) electrons. The molecular formula is C20H14FNO. The van der Waals surface area contributed by atoms with Gasteiger partial charge < -0.3 is 5.32 Å². The van der Waals surface area contributed by atoms with Crippen molar-refractivity contribution in [3.8, 4) is 11.1 Å². The quantitative estimate of drug-likeness (QED) is 0.574. The van der Waals surface area contributed by atoms with Gasteiger partial charge in [0.25, 0.3) is 5.91 Å². The largest absolute Gasteiger partial charge is 0.322 e. The number of carbonyl (C=O) groups is 1. The highest BCUT2D eigenvalue weighted by molar-refractivity contribution is 6.04. The second-order valence-corrected chi connectivity index (χ2v) is 5.64. The van der Waals surface area contributed by atoms with Crippen LogP contribution >= 0.6 is 0 Å². The molecule has 0 bridgehead atoms. The number of benzene rings is 3. The number of anilines is 1. The van der Waals surface area contributed by atoms with Crippen molar-refractivity contribution in [2.75, 3.05) is 5.32 Å². The smallest absolute Gasteiger partial charge is 0.258 e. The lowest BCUT2D eigenvalue weighted by atomic mass is 10.1. The van der Waals surface area contributed by atoms with Crippen LogP contribution in [-0.4, -0.2) is 5.91 Å². The Bertz CT molecular complexity index is 917. The molecule has 23 heavy (non-hydrogen) atoms. The Kier molecular flexibility index (Phi) is 3.19. The van der Waals surface area contributed by atoms with Crippen molar-refractivity contribution in [1.82, 2.24) is 0 Å². The molecule has 0 aliphatic heterocycles. The van der Waals surface area contributed by atoms with Gasteiger partial charge in [-0.15, -0.1) is 0 Å². The molecule has 0 saturated carbocycles. The van der Waals surface area contributed by atoms with Crippen LogP contribution in [0.1, 0.15) is 21.5 Å². The van der Waals surface area contributed by atoms with Gasteiger partial charge in [0.15, 0.2) is 0 Å². The number of carbonyl (C=O) groups excluding carboxylic acids is 1. The summed E-state index contributed by atoms with van der Waals surface area (Å²) >= 11 is 0. The third-order valence-electron chi connectivity index (χ3n) is 4.17. The summed E-state index contributed by atoms with van der Waals surface area (Å²) in [5, 5.41) is 2.78. The van der Waals surface area contributed by atoms with E-state index < -0.39 is 11.7 Å². The minimum Gasteiger partial charge on any atom is -0.322 e. The maximum absolute atomic E-state index is 13.7. The number of hydrogen-bond acceptors (Lipinski definition) is 1. The van der Waals surface area contributed by atoms with Gasteiger partial charge in [0, 0.05) is 5.69 Å². The summed E-state index contributed by atoms with van der Waals surface area (Å²) in [5.41, 5.74) is 5.59. The Hall–Kier alpha value is -2.94. The van der Waals surface area contributed by atoms with E-state index in [4.69, 9.17) is 0 Å². The molecule has 0 aromatic heterocycles. The number of rotatable bonds is 2. The van der Waals surface area contributed by atoms with Crippen molar-refractivity contribution in [3.63, 3.8) is 0 Å². The van der Waals surface area contributed by atoms with E-state index in [0.717, 1.165) is 12.0 Å². The molecule has 0 spiro atoms. The summed E-state index contributed by atoms with van der Waals surface area (Å²) in [5.74, 6) is -0.953. The van der Waals surface area contributed by atoms with E-state index in [0.29, 0.717) is 5.69 Å². The monoisotopic (exact) mass is 303 g/mol. The lowest BCUT2D eigenvalue weighted by molar-refractivity contribution is 0.102. The zero-order valence-electron chi connectivity index (χ0n) is 12.3. The Morgan fingerprint density at radius 3 is 2.48 bits per heavy atom. The highest BCUT2D eigenvalue weighted by Crippen LogP contribution is 2.37. The standard InChI is InChI=1S/C20H14FNO/c21-19-8-4-3-7-17(19)20(23)22-15-10-9-14-11-13-5-1-2-6-16(13)18(14)12-15/h1-10,12H,11H2,(H,22,23). The molecule has 0 saturated heterocycles. The SMILES string of the molecule is O=C(Nc1ccc2c(c1)-c1ccccc1C2)c1ccccc1F. The van der Waals surface area contributed by atoms with Crippen LogP contribution in [0.5, 0.6) is 0 Å². The second-order valence-electron chi connectivity index (χ2n) is 5.64. The second kappa shape index (κ2) is 5.36. The molecule has 0 heterocycles. The van der Waals surface area contributed by atoms with Crippen molar-refractivity contribution in [1.29, 1.82) is 0 Å². The number of amides is 1. The summed E-state index contributed by atoms with van der Waals surface area (Å²) in [6.07, 6.45) is 0.910. The maximum atomic E-state index is 13.7. The van der Waals surface area contributed by atoms with Crippen LogP contribution in [0.4, 0.5) is 10.1 Å². The van der Waals surface area contributed by atoms with E-state index >= 15 is 0 Å². The van der Waals surface area contributed by atoms with E-state index in [9.17, 15) is 9.18 Å². The Balaban J connectivity index is 1.66. The first-order valence-corrected chi connectivity index (χ1v) is 7.49. The minimum absolute atomic E-state index is 0.0494. The summed E-state index contributed by atoms with van der Waals surface area (Å²) in [7, 11) is 0. The molecule has 1 aliphatic rings. The van der Waals surface area contributed by atoms with Gasteiger partial charge in [-0.3, -0.25) is 4.79 Å². The number of fused-ring (bicyclic) bond motifs is 3. The van der Waals surface area contributed by atoms with E-state index in [1.165, 1.54) is 28.8 Å². The molecule has 1 amide bonds. The van der Waals surface area contributed by atoms with Crippen molar-refractivity contribution >= 4 is 11.6 Å². The first kappa shape index (κ1) is 13.7. The van der Waals surface area contributed by atoms with Crippen LogP contribution in [0.2, 0.25) is 0 Å². The van der Waals surface area contributed by atoms with Gasteiger partial charge in [-0.25, -0.2) is 4.39 Å². The third kappa shape index (κ3) is 2.40. The van der Waals surface area contributed by atoms with Crippen LogP contribution in [0.25, 0.3) is 11.1 Å². The van der Waals surface area contributed by atoms with Crippen LogP contribution in [0.3, 0.4) is 0 Å². The molecule has 4 rings (SSSR count). The predicted octanol–water partition coefficient (Wildman–Crippen LogP) is 4.65. The maximum Gasteiger partial charge on any atom is 0.258 e. The third-order valence-corrected chi connectivity index (χ3v) is 4.17. The van der Waals surface area contributed by atoms with Gasteiger partial charge in [-0.2, -0.15) is 0 Å². The van der Waals surface area contributed by atoms with Crippen LogP contribution in [0.15, 0.2) is 66.7 Å². The number of hydrogen-bond donors (Lipinski definition) is 1. The summed E-state index contributed by atoms with van der Waals surface area (Å²) in [6.45, 7) is 0. The van der Waals surface area contributed by atoms with E-state index in [1.54, 1.807) is 12.1 Å². The molecule has 3 heteroatoms. The zero-order valence-corrected chi connectivity index (χ0v) is 12.3. The lowest BCUT2D eigenvalue weighted by Crippen LogP contribution is -2.13. The molecule has 112 valence electrons. The topological polar surface area (TPSA) is 29.1 Å². The first-order chi connectivity index (χ1) is 11.2. The Morgan fingerprint density at radius 1 is 0.870 bits per heavy atom. The van der Waals surface area contributed by atoms with Gasteiger partial charge in [0.2, 0.25) is 0 Å². The highest BCUT2D eigenvalue weighted by atomic mass is 19.1. The van der Waals surface area contributed by atoms with Crippen molar-refractivity contribution in [2.45, 2.75) is 6.42 Å². The number of halogens is 1. The van der Waals surface area contributed by atoms with Crippen molar-refractivity contribution in [3.05, 3.63) is 89.2 Å². The van der Waals surface area contributed by atoms with Gasteiger partial charge in [0.1, 0.15) is 5.82 Å². The number of nitrogens with one attached hydrogen (secondary N) is 1. The Labute approximate surface area is 133 Å². The van der Waals surface area contributed by atoms with Crippen LogP contribution < -0.4 is 5.32 Å². The van der Waals surface area contributed by atoms with Gasteiger partial charge in [-0.05, 0) is 52.9 Å². The molecule has 1 aliphatic carbocycles. The summed E-state index contributed by atoms with van der Waals surface area (Å²) in [4.78, 5) is 12.2. The average Bonchev–Trinajstić information content (AvgIpc) is 2.93. The molecule has 0 fully saturated rings. The lowest BCUT2D eigenvalue weighted by Gasteiger charge is -2.08. The first-order valence-electron chi connectivity index (χ1n) is 7.49. The zero-order chi connectivity index (χ0) is 15.8. The molecule has 0 atom stereocenters. The van der Waals surface area contributed by atoms with Gasteiger partial charge >= 0.3 is 0 Å². The van der Waals surface area contributed by atoms with Gasteiger partial charge in [-0.1, -0.05) is 42.5 Å². The molecule has 3 aromatic rings. The average molecular weight is 303 g/mol. The summed E-state index contributed by atoms with van der Waals surface area (Å²) in [6, 6.07) is 20.1. The molecule has 1 N–H and O–H groups in total. The highest BCUT2D eigenvalue weighted by Gasteiger charge is 2.19.